The summed E-state index contributed by atoms with van der Waals surface area (Å²) in [6, 6.07) is 7.83. The van der Waals surface area contributed by atoms with Crippen molar-refractivity contribution in [3.05, 3.63) is 41.5 Å². The summed E-state index contributed by atoms with van der Waals surface area (Å²) in [5, 5.41) is 16.3. The van der Waals surface area contributed by atoms with E-state index >= 15 is 0 Å². The standard InChI is InChI=1S/C20H24N2O4/c1-3-11-9-21-14-8-20(18-17(23)16(11)12(14)10-26-18)13-6-4-5-7-15(13)22(25-2)19(20)24/h3-7,12,14,16-18,21,23H,8-10H2,1-2H3/t12-,14+,16+,17+,18-,20+/m1/s1. The fourth-order valence-electron chi connectivity index (χ4n) is 5.74. The Morgan fingerprint density at radius 3 is 3.00 bits per heavy atom. The molecule has 6 nitrogen and oxygen atoms in total. The van der Waals surface area contributed by atoms with E-state index in [-0.39, 0.29) is 23.8 Å². The van der Waals surface area contributed by atoms with Crippen LogP contribution in [-0.4, -0.2) is 49.5 Å². The summed E-state index contributed by atoms with van der Waals surface area (Å²) in [4.78, 5) is 19.0. The molecule has 4 aliphatic heterocycles. The second-order valence-electron chi connectivity index (χ2n) is 7.76. The number of fused-ring (bicyclic) bond motifs is 2. The van der Waals surface area contributed by atoms with Crippen LogP contribution in [0.2, 0.25) is 0 Å². The Hall–Kier alpha value is -1.73. The number of nitrogens with zero attached hydrogens (tertiary/aromatic N) is 1. The number of benzene rings is 1. The Bertz CT molecular complexity index is 794. The number of hydrogen-bond acceptors (Lipinski definition) is 5. The molecule has 4 fully saturated rings. The monoisotopic (exact) mass is 356 g/mol. The van der Waals surface area contributed by atoms with E-state index in [1.54, 1.807) is 0 Å². The number of ether oxygens (including phenoxy) is 1. The van der Waals surface area contributed by atoms with Crippen LogP contribution in [0.5, 0.6) is 0 Å². The van der Waals surface area contributed by atoms with E-state index in [0.717, 1.165) is 17.8 Å². The van der Waals surface area contributed by atoms with Crippen LogP contribution in [0.25, 0.3) is 0 Å². The normalized spacial score (nSPS) is 42.4. The van der Waals surface area contributed by atoms with Crippen LogP contribution in [-0.2, 0) is 19.8 Å². The zero-order valence-corrected chi connectivity index (χ0v) is 15.0. The average Bonchev–Trinajstić information content (AvgIpc) is 2.77. The molecule has 0 unspecified atom stereocenters. The molecular weight excluding hydrogens is 332 g/mol. The molecule has 1 amide bonds. The Morgan fingerprint density at radius 2 is 2.23 bits per heavy atom. The Labute approximate surface area is 152 Å². The smallest absolute Gasteiger partial charge is 0.264 e. The lowest BCUT2D eigenvalue weighted by Crippen LogP contribution is -2.58. The van der Waals surface area contributed by atoms with Crippen molar-refractivity contribution in [2.24, 2.45) is 11.8 Å². The van der Waals surface area contributed by atoms with Gasteiger partial charge in [0, 0.05) is 24.4 Å². The first-order valence-corrected chi connectivity index (χ1v) is 9.29. The van der Waals surface area contributed by atoms with Gasteiger partial charge in [-0.05, 0) is 25.0 Å². The Morgan fingerprint density at radius 1 is 1.42 bits per heavy atom. The van der Waals surface area contributed by atoms with E-state index in [1.165, 1.54) is 17.7 Å². The number of para-hydroxylation sites is 1. The molecular formula is C20H24N2O4. The minimum absolute atomic E-state index is 0.0425. The van der Waals surface area contributed by atoms with Gasteiger partial charge in [0.2, 0.25) is 0 Å². The quantitative estimate of drug-likeness (QED) is 0.739. The van der Waals surface area contributed by atoms with E-state index in [0.29, 0.717) is 13.0 Å². The van der Waals surface area contributed by atoms with Gasteiger partial charge in [-0.25, -0.2) is 0 Å². The first-order valence-electron chi connectivity index (χ1n) is 9.29. The first kappa shape index (κ1) is 16.4. The summed E-state index contributed by atoms with van der Waals surface area (Å²) in [5.41, 5.74) is 1.94. The van der Waals surface area contributed by atoms with Gasteiger partial charge in [-0.3, -0.25) is 9.63 Å². The predicted molar refractivity (Wildman–Crippen MR) is 95.5 cm³/mol. The summed E-state index contributed by atoms with van der Waals surface area (Å²) in [5.74, 6) is 0.0837. The van der Waals surface area contributed by atoms with Gasteiger partial charge >= 0.3 is 0 Å². The lowest BCUT2D eigenvalue weighted by molar-refractivity contribution is -0.157. The number of nitrogens with one attached hydrogen (secondary N) is 1. The number of rotatable bonds is 1. The zero-order valence-electron chi connectivity index (χ0n) is 15.0. The van der Waals surface area contributed by atoms with Crippen LogP contribution in [0.4, 0.5) is 5.69 Å². The number of carbonyl (C=O) groups is 1. The lowest BCUT2D eigenvalue weighted by Gasteiger charge is -2.45. The van der Waals surface area contributed by atoms with Crippen LogP contribution < -0.4 is 10.4 Å². The largest absolute Gasteiger partial charge is 0.390 e. The average molecular weight is 356 g/mol. The van der Waals surface area contributed by atoms with Crippen LogP contribution in [0.15, 0.2) is 35.9 Å². The van der Waals surface area contributed by atoms with Gasteiger partial charge in [-0.1, -0.05) is 29.8 Å². The van der Waals surface area contributed by atoms with Crippen LogP contribution in [0, 0.1) is 11.8 Å². The summed E-state index contributed by atoms with van der Waals surface area (Å²) in [6.07, 6.45) is 1.43. The number of hydroxylamine groups is 1. The fraction of sp³-hybridized carbons (Fsp3) is 0.550. The van der Waals surface area contributed by atoms with Crippen molar-refractivity contribution in [3.8, 4) is 0 Å². The maximum Gasteiger partial charge on any atom is 0.264 e. The number of allylic oxidation sites excluding steroid dienone is 1. The molecule has 1 aliphatic carbocycles. The molecule has 6 atom stereocenters. The second-order valence-corrected chi connectivity index (χ2v) is 7.76. The first-order chi connectivity index (χ1) is 12.6. The van der Waals surface area contributed by atoms with Gasteiger partial charge in [0.05, 0.1) is 25.5 Å². The third-order valence-corrected chi connectivity index (χ3v) is 6.87. The van der Waals surface area contributed by atoms with E-state index in [4.69, 9.17) is 9.57 Å². The van der Waals surface area contributed by atoms with Gasteiger partial charge in [0.1, 0.15) is 11.5 Å². The molecule has 4 heterocycles. The van der Waals surface area contributed by atoms with Crippen molar-refractivity contribution in [1.82, 2.24) is 5.32 Å². The Balaban J connectivity index is 1.72. The van der Waals surface area contributed by atoms with Crippen molar-refractivity contribution in [3.63, 3.8) is 0 Å². The van der Waals surface area contributed by atoms with Crippen molar-refractivity contribution in [2.45, 2.75) is 37.0 Å². The van der Waals surface area contributed by atoms with Crippen LogP contribution in [0.3, 0.4) is 0 Å². The van der Waals surface area contributed by atoms with Gasteiger partial charge in [-0.15, -0.1) is 0 Å². The molecule has 3 saturated heterocycles. The van der Waals surface area contributed by atoms with E-state index in [9.17, 15) is 9.90 Å². The van der Waals surface area contributed by atoms with Crippen molar-refractivity contribution in [1.29, 1.82) is 0 Å². The molecule has 1 aromatic rings. The minimum atomic E-state index is -0.920. The summed E-state index contributed by atoms with van der Waals surface area (Å²) >= 11 is 0. The molecule has 4 bridgehead atoms. The van der Waals surface area contributed by atoms with E-state index in [1.807, 2.05) is 31.2 Å². The number of hydrogen-bond donors (Lipinski definition) is 2. The predicted octanol–water partition coefficient (Wildman–Crippen LogP) is 1.15. The van der Waals surface area contributed by atoms with E-state index in [2.05, 4.69) is 11.4 Å². The molecule has 6 rings (SSSR count). The van der Waals surface area contributed by atoms with Gasteiger partial charge in [-0.2, -0.15) is 5.06 Å². The van der Waals surface area contributed by atoms with Gasteiger partial charge < -0.3 is 15.2 Å². The van der Waals surface area contributed by atoms with Gasteiger partial charge in [0.15, 0.2) is 0 Å². The van der Waals surface area contributed by atoms with Crippen molar-refractivity contribution in [2.75, 3.05) is 25.3 Å². The number of amides is 1. The third kappa shape index (κ3) is 1.83. The summed E-state index contributed by atoms with van der Waals surface area (Å²) in [6.45, 7) is 3.33. The van der Waals surface area contributed by atoms with Crippen molar-refractivity contribution < 1.29 is 19.5 Å². The summed E-state index contributed by atoms with van der Waals surface area (Å²) < 4.78 is 6.18. The third-order valence-electron chi connectivity index (χ3n) is 6.87. The molecule has 1 aromatic carbocycles. The van der Waals surface area contributed by atoms with Crippen LogP contribution >= 0.6 is 0 Å². The molecule has 1 spiro atoms. The maximum atomic E-state index is 13.6. The fourth-order valence-corrected chi connectivity index (χ4v) is 5.74. The topological polar surface area (TPSA) is 71.0 Å². The summed E-state index contributed by atoms with van der Waals surface area (Å²) in [7, 11) is 1.51. The number of carbonyl (C=O) groups excluding carboxylic acids is 1. The van der Waals surface area contributed by atoms with Crippen molar-refractivity contribution >= 4 is 11.6 Å². The number of piperidine rings is 1. The molecule has 2 N–H and O–H groups in total. The molecule has 0 radical (unpaired) electrons. The number of aliphatic hydroxyl groups is 1. The molecule has 5 aliphatic rings. The van der Waals surface area contributed by atoms with Crippen LogP contribution in [0.1, 0.15) is 18.9 Å². The lowest BCUT2D eigenvalue weighted by atomic mass is 9.71. The SMILES string of the molecule is CC=C1CN[C@H]2C[C@@]3(C(=O)N(OC)c4ccccc43)[C@@H]3OC[C@H]2[C@H]1[C@@H]3O. The highest BCUT2D eigenvalue weighted by molar-refractivity contribution is 6.07. The highest BCUT2D eigenvalue weighted by Crippen LogP contribution is 2.55. The molecule has 26 heavy (non-hydrogen) atoms. The number of aliphatic hydroxyl groups excluding tert-OH is 1. The minimum Gasteiger partial charge on any atom is -0.390 e. The maximum absolute atomic E-state index is 13.6. The molecule has 0 aromatic heterocycles. The molecule has 6 heteroatoms. The Kier molecular flexibility index (Phi) is 3.56. The highest BCUT2D eigenvalue weighted by atomic mass is 16.7. The second kappa shape index (κ2) is 5.63. The zero-order chi connectivity index (χ0) is 18.1. The van der Waals surface area contributed by atoms with E-state index < -0.39 is 17.6 Å². The molecule has 1 saturated carbocycles. The number of anilines is 1. The molecule has 138 valence electrons. The highest BCUT2D eigenvalue weighted by Gasteiger charge is 2.66. The van der Waals surface area contributed by atoms with Gasteiger partial charge in [0.25, 0.3) is 5.91 Å².